The van der Waals surface area contributed by atoms with Crippen molar-refractivity contribution in [2.45, 2.75) is 11.8 Å². The number of nitro groups is 1. The second-order valence-corrected chi connectivity index (χ2v) is 6.32. The molecule has 0 atom stereocenters. The lowest BCUT2D eigenvalue weighted by atomic mass is 10.3. The van der Waals surface area contributed by atoms with E-state index in [1.165, 1.54) is 20.2 Å². The number of rotatable bonds is 7. The lowest BCUT2D eigenvalue weighted by molar-refractivity contribution is -0.387. The van der Waals surface area contributed by atoms with E-state index in [0.717, 1.165) is 16.4 Å². The Labute approximate surface area is 128 Å². The Morgan fingerprint density at radius 2 is 2.09 bits per heavy atom. The van der Waals surface area contributed by atoms with Crippen LogP contribution in [0, 0.1) is 10.1 Å². The number of sulfonamides is 1. The summed E-state index contributed by atoms with van der Waals surface area (Å²) in [5, 5.41) is 13.5. The van der Waals surface area contributed by atoms with Gasteiger partial charge in [0.05, 0.1) is 24.6 Å². The summed E-state index contributed by atoms with van der Waals surface area (Å²) in [7, 11) is -1.68. The number of hydrogen-bond donors (Lipinski definition) is 1. The molecule has 10 heteroatoms. The standard InChI is InChI=1S/C12H17N3O6S/c1-4-13-12(16)8-14(2)22(19,20)11-6-5-9(21-3)7-10(11)15(17)18/h5-7H,4,8H2,1-3H3,(H,13,16). The fraction of sp³-hybridized carbons (Fsp3) is 0.417. The van der Waals surface area contributed by atoms with Crippen LogP contribution in [0.25, 0.3) is 0 Å². The SMILES string of the molecule is CCNC(=O)CN(C)S(=O)(=O)c1ccc(OC)cc1[N+](=O)[O-]. The molecule has 0 aromatic heterocycles. The number of methoxy groups -OCH3 is 1. The smallest absolute Gasteiger partial charge is 0.293 e. The predicted octanol–water partition coefficient (Wildman–Crippen LogP) is 0.360. The minimum Gasteiger partial charge on any atom is -0.497 e. The van der Waals surface area contributed by atoms with Gasteiger partial charge in [-0.25, -0.2) is 8.42 Å². The summed E-state index contributed by atoms with van der Waals surface area (Å²) in [4.78, 5) is 21.2. The highest BCUT2D eigenvalue weighted by Gasteiger charge is 2.31. The molecule has 0 radical (unpaired) electrons. The number of carbonyl (C=O) groups is 1. The molecule has 1 aromatic carbocycles. The number of likely N-dealkylation sites (N-methyl/N-ethyl adjacent to an activating group) is 2. The normalized spacial score (nSPS) is 11.3. The van der Waals surface area contributed by atoms with Crippen molar-refractivity contribution < 1.29 is 22.9 Å². The Morgan fingerprint density at radius 1 is 1.45 bits per heavy atom. The summed E-state index contributed by atoms with van der Waals surface area (Å²) in [5.74, 6) is -0.332. The number of nitrogens with one attached hydrogen (secondary N) is 1. The maximum Gasteiger partial charge on any atom is 0.293 e. The second-order valence-electron chi connectivity index (χ2n) is 4.31. The van der Waals surface area contributed by atoms with E-state index in [-0.39, 0.29) is 5.75 Å². The second kappa shape index (κ2) is 7.18. The molecule has 0 spiro atoms. The van der Waals surface area contributed by atoms with Gasteiger partial charge < -0.3 is 10.1 Å². The van der Waals surface area contributed by atoms with Crippen molar-refractivity contribution in [3.05, 3.63) is 28.3 Å². The van der Waals surface area contributed by atoms with Gasteiger partial charge >= 0.3 is 0 Å². The fourth-order valence-electron chi connectivity index (χ4n) is 1.69. The Kier molecular flexibility index (Phi) is 5.83. The van der Waals surface area contributed by atoms with Gasteiger partial charge in [-0.05, 0) is 19.1 Å². The van der Waals surface area contributed by atoms with E-state index in [9.17, 15) is 23.3 Å². The number of nitrogens with zero attached hydrogens (tertiary/aromatic N) is 2. The molecule has 0 unspecified atom stereocenters. The van der Waals surface area contributed by atoms with Crippen LogP contribution in [0.5, 0.6) is 5.75 Å². The molecule has 22 heavy (non-hydrogen) atoms. The van der Waals surface area contributed by atoms with Crippen LogP contribution in [0.2, 0.25) is 0 Å². The molecule has 0 saturated heterocycles. The molecule has 0 bridgehead atoms. The summed E-state index contributed by atoms with van der Waals surface area (Å²) in [6, 6.07) is 3.41. The highest BCUT2D eigenvalue weighted by atomic mass is 32.2. The van der Waals surface area contributed by atoms with E-state index < -0.39 is 38.0 Å². The summed E-state index contributed by atoms with van der Waals surface area (Å²) < 4.78 is 30.4. The summed E-state index contributed by atoms with van der Waals surface area (Å²) in [6.45, 7) is 1.62. The fourth-order valence-corrected chi connectivity index (χ4v) is 2.95. The zero-order valence-electron chi connectivity index (χ0n) is 12.4. The molecule has 0 aliphatic heterocycles. The topological polar surface area (TPSA) is 119 Å². The van der Waals surface area contributed by atoms with E-state index >= 15 is 0 Å². The quantitative estimate of drug-likeness (QED) is 0.569. The van der Waals surface area contributed by atoms with Crippen molar-refractivity contribution in [1.82, 2.24) is 9.62 Å². The summed E-state index contributed by atoms with van der Waals surface area (Å²) >= 11 is 0. The number of amides is 1. The van der Waals surface area contributed by atoms with Crippen molar-refractivity contribution >= 4 is 21.6 Å². The number of ether oxygens (including phenoxy) is 1. The molecule has 0 saturated carbocycles. The van der Waals surface area contributed by atoms with Gasteiger partial charge in [0, 0.05) is 13.6 Å². The maximum atomic E-state index is 12.4. The van der Waals surface area contributed by atoms with Gasteiger partial charge in [-0.3, -0.25) is 14.9 Å². The Hall–Kier alpha value is -2.20. The van der Waals surface area contributed by atoms with E-state index in [2.05, 4.69) is 5.32 Å². The summed E-state index contributed by atoms with van der Waals surface area (Å²) in [5.41, 5.74) is -0.609. The minimum atomic E-state index is -4.18. The maximum absolute atomic E-state index is 12.4. The van der Waals surface area contributed by atoms with Crippen LogP contribution in [-0.4, -0.2) is 50.8 Å². The minimum absolute atomic E-state index is 0.164. The molecule has 1 aromatic rings. The number of carbonyl (C=O) groups excluding carboxylic acids is 1. The lowest BCUT2D eigenvalue weighted by Gasteiger charge is -2.16. The van der Waals surface area contributed by atoms with E-state index in [0.29, 0.717) is 6.54 Å². The molecule has 1 rings (SSSR count). The number of benzene rings is 1. The van der Waals surface area contributed by atoms with Gasteiger partial charge in [0.2, 0.25) is 15.9 Å². The monoisotopic (exact) mass is 331 g/mol. The van der Waals surface area contributed by atoms with Crippen molar-refractivity contribution in [1.29, 1.82) is 0 Å². The van der Waals surface area contributed by atoms with Crippen molar-refractivity contribution in [3.8, 4) is 5.75 Å². The molecule has 0 aliphatic carbocycles. The third-order valence-corrected chi connectivity index (χ3v) is 4.64. The average Bonchev–Trinajstić information content (AvgIpc) is 2.46. The number of nitro benzene ring substituents is 1. The van der Waals surface area contributed by atoms with Gasteiger partial charge in [-0.1, -0.05) is 0 Å². The van der Waals surface area contributed by atoms with Crippen LogP contribution in [-0.2, 0) is 14.8 Å². The highest BCUT2D eigenvalue weighted by Crippen LogP contribution is 2.29. The van der Waals surface area contributed by atoms with Crippen molar-refractivity contribution in [2.75, 3.05) is 27.2 Å². The van der Waals surface area contributed by atoms with Crippen LogP contribution < -0.4 is 10.1 Å². The largest absolute Gasteiger partial charge is 0.497 e. The third-order valence-electron chi connectivity index (χ3n) is 2.79. The average molecular weight is 331 g/mol. The molecule has 1 amide bonds. The first-order valence-corrected chi connectivity index (χ1v) is 7.73. The van der Waals surface area contributed by atoms with Crippen molar-refractivity contribution in [3.63, 3.8) is 0 Å². The zero-order chi connectivity index (χ0) is 16.9. The predicted molar refractivity (Wildman–Crippen MR) is 78.1 cm³/mol. The molecule has 0 heterocycles. The van der Waals surface area contributed by atoms with Crippen LogP contribution in [0.1, 0.15) is 6.92 Å². The molecule has 9 nitrogen and oxygen atoms in total. The molecule has 0 fully saturated rings. The zero-order valence-corrected chi connectivity index (χ0v) is 13.2. The Bertz CT molecular complexity index is 673. The van der Waals surface area contributed by atoms with Crippen molar-refractivity contribution in [2.24, 2.45) is 0 Å². The summed E-state index contributed by atoms with van der Waals surface area (Å²) in [6.07, 6.45) is 0. The highest BCUT2D eigenvalue weighted by molar-refractivity contribution is 7.89. The van der Waals surface area contributed by atoms with Crippen LogP contribution in [0.4, 0.5) is 5.69 Å². The number of hydrogen-bond acceptors (Lipinski definition) is 6. The van der Waals surface area contributed by atoms with Gasteiger partial charge in [-0.2, -0.15) is 4.31 Å². The molecule has 0 aliphatic rings. The first kappa shape index (κ1) is 17.9. The van der Waals surface area contributed by atoms with Gasteiger partial charge in [0.1, 0.15) is 5.75 Å². The van der Waals surface area contributed by atoms with E-state index in [1.54, 1.807) is 6.92 Å². The molecule has 1 N–H and O–H groups in total. The van der Waals surface area contributed by atoms with Gasteiger partial charge in [0.25, 0.3) is 5.69 Å². The first-order chi connectivity index (χ1) is 10.2. The van der Waals surface area contributed by atoms with Crippen LogP contribution in [0.15, 0.2) is 23.1 Å². The van der Waals surface area contributed by atoms with Crippen LogP contribution in [0.3, 0.4) is 0 Å². The van der Waals surface area contributed by atoms with E-state index in [1.807, 2.05) is 0 Å². The van der Waals surface area contributed by atoms with Gasteiger partial charge in [-0.15, -0.1) is 0 Å². The molecule has 122 valence electrons. The van der Waals surface area contributed by atoms with Gasteiger partial charge in [0.15, 0.2) is 4.90 Å². The molecular weight excluding hydrogens is 314 g/mol. The third kappa shape index (κ3) is 3.92. The first-order valence-electron chi connectivity index (χ1n) is 6.29. The van der Waals surface area contributed by atoms with E-state index in [4.69, 9.17) is 4.74 Å². The molecular formula is C12H17N3O6S. The Morgan fingerprint density at radius 3 is 2.59 bits per heavy atom. The lowest BCUT2D eigenvalue weighted by Crippen LogP contribution is -2.38. The van der Waals surface area contributed by atoms with Crippen LogP contribution >= 0.6 is 0 Å². The Balaban J connectivity index is 3.22.